The maximum absolute atomic E-state index is 12.9. The number of ether oxygens (including phenoxy) is 5. The van der Waals surface area contributed by atoms with E-state index < -0.39 is 110 Å². The van der Waals surface area contributed by atoms with E-state index in [0.29, 0.717) is 51.5 Å². The first-order valence-electron chi connectivity index (χ1n) is 24.5. The highest BCUT2D eigenvalue weighted by molar-refractivity contribution is 5.84. The maximum atomic E-state index is 12.9. The number of aliphatic carboxylic acids is 1. The van der Waals surface area contributed by atoms with Crippen LogP contribution in [0.15, 0.2) is 30.3 Å². The number of unbranched alkanes of at least 4 members (excludes halogenated alkanes) is 4. The molecule has 3 rings (SSSR count). The van der Waals surface area contributed by atoms with Crippen LogP contribution < -0.4 is 26.6 Å². The van der Waals surface area contributed by atoms with Gasteiger partial charge in [0, 0.05) is 45.4 Å². The SMILES string of the molecule is C[C@@H]1O[C@@H](OCCNC(=O)CN(CC(=O)NCCCCCC(=O)NCCCCC(NC(=O)CCCCC(=O)OCc2ccccc2)C(=O)O)CC(=O)NCCO[C@@H]2O[C@@H](C)[C@@H](O)[C@@H](O)[C@@H]2O)[C@@H](O)[C@H](O)[C@@H]1O. The van der Waals surface area contributed by atoms with Gasteiger partial charge in [-0.15, -0.1) is 0 Å². The summed E-state index contributed by atoms with van der Waals surface area (Å²) in [6.45, 7) is 2.10. The minimum Gasteiger partial charge on any atom is -0.480 e. The van der Waals surface area contributed by atoms with Gasteiger partial charge >= 0.3 is 11.9 Å². The van der Waals surface area contributed by atoms with Gasteiger partial charge in [0.2, 0.25) is 29.5 Å². The van der Waals surface area contributed by atoms with Gasteiger partial charge < -0.3 is 86.0 Å². The lowest BCUT2D eigenvalue weighted by Crippen LogP contribution is -2.57. The van der Waals surface area contributed by atoms with Crippen LogP contribution in [0.2, 0.25) is 0 Å². The van der Waals surface area contributed by atoms with Gasteiger partial charge in [-0.3, -0.25) is 33.7 Å². The Balaban J connectivity index is 1.30. The first-order valence-corrected chi connectivity index (χ1v) is 24.5. The van der Waals surface area contributed by atoms with Crippen LogP contribution in [0.4, 0.5) is 0 Å². The monoisotopic (exact) mass is 1030 g/mol. The second-order valence-corrected chi connectivity index (χ2v) is 17.8. The fourth-order valence-corrected chi connectivity index (χ4v) is 7.47. The van der Waals surface area contributed by atoms with Crippen molar-refractivity contribution in [3.8, 4) is 0 Å². The molecule has 12 N–H and O–H groups in total. The summed E-state index contributed by atoms with van der Waals surface area (Å²) in [7, 11) is 0. The fourth-order valence-electron chi connectivity index (χ4n) is 7.47. The number of benzene rings is 1. The van der Waals surface area contributed by atoms with Gasteiger partial charge in [0.25, 0.3) is 0 Å². The predicted molar refractivity (Wildman–Crippen MR) is 252 cm³/mol. The van der Waals surface area contributed by atoms with E-state index >= 15 is 0 Å². The largest absolute Gasteiger partial charge is 0.480 e. The number of esters is 1. The van der Waals surface area contributed by atoms with Gasteiger partial charge in [-0.2, -0.15) is 0 Å². The van der Waals surface area contributed by atoms with Crippen molar-refractivity contribution in [1.29, 1.82) is 0 Å². The quantitative estimate of drug-likeness (QED) is 0.0242. The Kier molecular flexibility index (Phi) is 28.8. The molecule has 2 heterocycles. The molecule has 25 nitrogen and oxygen atoms in total. The number of carboxylic acid groups (broad SMARTS) is 1. The maximum Gasteiger partial charge on any atom is 0.326 e. The zero-order chi connectivity index (χ0) is 53.0. The molecule has 72 heavy (non-hydrogen) atoms. The van der Waals surface area contributed by atoms with E-state index in [1.165, 1.54) is 18.7 Å². The summed E-state index contributed by atoms with van der Waals surface area (Å²) in [6, 6.07) is 8.15. The molecule has 1 aromatic carbocycles. The average molecular weight is 1030 g/mol. The minimum atomic E-state index is -1.53. The molecule has 0 saturated carbocycles. The van der Waals surface area contributed by atoms with E-state index in [4.69, 9.17) is 23.7 Å². The number of carbonyl (C=O) groups excluding carboxylic acids is 6. The molecule has 25 heteroatoms. The number of aliphatic hydroxyl groups excluding tert-OH is 6. The number of aliphatic hydroxyl groups is 6. The number of rotatable bonds is 34. The van der Waals surface area contributed by atoms with Gasteiger partial charge in [-0.05, 0) is 64.4 Å². The number of amides is 5. The van der Waals surface area contributed by atoms with Crippen LogP contribution >= 0.6 is 0 Å². The summed E-state index contributed by atoms with van der Waals surface area (Å²) in [5.74, 6) is -3.83. The molecule has 0 radical (unpaired) electrons. The second-order valence-electron chi connectivity index (χ2n) is 17.8. The Morgan fingerprint density at radius 2 is 1.01 bits per heavy atom. The molecule has 2 aliphatic rings. The van der Waals surface area contributed by atoms with Crippen LogP contribution in [-0.2, 0) is 63.9 Å². The summed E-state index contributed by atoms with van der Waals surface area (Å²) in [5.41, 5.74) is 0.869. The Morgan fingerprint density at radius 1 is 0.556 bits per heavy atom. The average Bonchev–Trinajstić information content (AvgIpc) is 3.34. The third-order valence-corrected chi connectivity index (χ3v) is 11.7. The Morgan fingerprint density at radius 3 is 1.54 bits per heavy atom. The van der Waals surface area contributed by atoms with Crippen molar-refractivity contribution < 1.29 is 93.0 Å². The van der Waals surface area contributed by atoms with Crippen molar-refractivity contribution >= 4 is 41.5 Å². The van der Waals surface area contributed by atoms with Crippen molar-refractivity contribution in [3.05, 3.63) is 35.9 Å². The van der Waals surface area contributed by atoms with Crippen LogP contribution in [0.3, 0.4) is 0 Å². The Bertz CT molecular complexity index is 1760. The fraction of sp³-hybridized carbons (Fsp3) is 0.723. The molecule has 11 atom stereocenters. The van der Waals surface area contributed by atoms with E-state index in [1.807, 2.05) is 30.3 Å². The number of carbonyl (C=O) groups is 7. The summed E-state index contributed by atoms with van der Waals surface area (Å²) in [6.07, 6.45) is -8.92. The first-order chi connectivity index (χ1) is 34.4. The highest BCUT2D eigenvalue weighted by atomic mass is 16.7. The Labute approximate surface area is 418 Å². The number of carboxylic acids is 1. The summed E-state index contributed by atoms with van der Waals surface area (Å²) in [4.78, 5) is 88.5. The first kappa shape index (κ1) is 61.4. The normalized spacial score (nSPS) is 24.4. The van der Waals surface area contributed by atoms with Gasteiger partial charge in [-0.25, -0.2) is 4.79 Å². The molecular weight excluding hydrogens is 953 g/mol. The van der Waals surface area contributed by atoms with Gasteiger partial charge in [-0.1, -0.05) is 36.8 Å². The Hall–Kier alpha value is -4.93. The topological polar surface area (TPSA) is 371 Å². The molecule has 0 aromatic heterocycles. The standard InChI is InChI=1S/C47H76N6O19/c1-29-39(60)41(62)43(64)46(71-29)68-23-21-50-36(57)26-53(27-37(58)51-22-24-69-47-44(65)42(63)40(61)30(2)72-47)25-35(56)49-19-11-4-7-16-33(54)48-20-12-10-15-32(45(66)67)52-34(55)17-8-9-18-38(59)70-28-31-13-5-3-6-14-31/h3,5-6,13-14,29-30,32,39-44,46-47,60-65H,4,7-12,15-28H2,1-2H3,(H,48,54)(H,49,56)(H,50,57)(H,51,58)(H,52,55)(H,66,67)/t29-,30-,32?,39+,40+,41+,42+,43-,44-,46+,47+/m0/s1. The molecule has 2 aliphatic heterocycles. The molecule has 2 fully saturated rings. The molecule has 5 amide bonds. The highest BCUT2D eigenvalue weighted by Gasteiger charge is 2.43. The number of hydrogen-bond donors (Lipinski definition) is 12. The van der Waals surface area contributed by atoms with Crippen LogP contribution in [0, 0.1) is 0 Å². The van der Waals surface area contributed by atoms with Crippen LogP contribution in [0.5, 0.6) is 0 Å². The molecule has 2 saturated heterocycles. The molecule has 1 unspecified atom stereocenters. The van der Waals surface area contributed by atoms with Crippen LogP contribution in [0.1, 0.15) is 90.0 Å². The van der Waals surface area contributed by atoms with E-state index in [1.54, 1.807) is 0 Å². The van der Waals surface area contributed by atoms with Crippen molar-refractivity contribution in [3.63, 3.8) is 0 Å². The molecule has 0 spiro atoms. The number of nitrogens with one attached hydrogen (secondary N) is 5. The van der Waals surface area contributed by atoms with Gasteiger partial charge in [0.1, 0.15) is 49.3 Å². The third kappa shape index (κ3) is 23.7. The van der Waals surface area contributed by atoms with Crippen molar-refractivity contribution in [2.75, 3.05) is 59.0 Å². The summed E-state index contributed by atoms with van der Waals surface area (Å²) in [5, 5.41) is 82.8. The van der Waals surface area contributed by atoms with Crippen LogP contribution in [-0.4, -0.2) is 209 Å². The van der Waals surface area contributed by atoms with Gasteiger partial charge in [0.05, 0.1) is 45.1 Å². The predicted octanol–water partition coefficient (Wildman–Crippen LogP) is -2.95. The van der Waals surface area contributed by atoms with E-state index in [0.717, 1.165) is 5.56 Å². The molecule has 1 aromatic rings. The van der Waals surface area contributed by atoms with E-state index in [9.17, 15) is 69.3 Å². The van der Waals surface area contributed by atoms with Crippen LogP contribution in [0.25, 0.3) is 0 Å². The molecule has 408 valence electrons. The smallest absolute Gasteiger partial charge is 0.326 e. The van der Waals surface area contributed by atoms with Crippen molar-refractivity contribution in [2.45, 2.75) is 159 Å². The molecule has 0 aliphatic carbocycles. The van der Waals surface area contributed by atoms with Gasteiger partial charge in [0.15, 0.2) is 12.6 Å². The minimum absolute atomic E-state index is 0.0650. The van der Waals surface area contributed by atoms with E-state index in [-0.39, 0.29) is 83.6 Å². The summed E-state index contributed by atoms with van der Waals surface area (Å²) >= 11 is 0. The lowest BCUT2D eigenvalue weighted by Gasteiger charge is -2.38. The zero-order valence-corrected chi connectivity index (χ0v) is 41.1. The molecular formula is C47H76N6O19. The van der Waals surface area contributed by atoms with Crippen molar-refractivity contribution in [2.24, 2.45) is 0 Å². The lowest BCUT2D eigenvalue weighted by molar-refractivity contribution is -0.292. The highest BCUT2D eigenvalue weighted by Crippen LogP contribution is 2.23. The lowest BCUT2D eigenvalue weighted by atomic mass is 10.0. The molecule has 0 bridgehead atoms. The zero-order valence-electron chi connectivity index (χ0n) is 41.1. The van der Waals surface area contributed by atoms with E-state index in [2.05, 4.69) is 26.6 Å². The number of nitrogens with zero attached hydrogens (tertiary/aromatic N) is 1. The summed E-state index contributed by atoms with van der Waals surface area (Å²) < 4.78 is 26.8. The third-order valence-electron chi connectivity index (χ3n) is 11.7. The van der Waals surface area contributed by atoms with Crippen molar-refractivity contribution in [1.82, 2.24) is 31.5 Å². The number of hydrogen-bond acceptors (Lipinski definition) is 19. The second kappa shape index (κ2) is 33.7.